The summed E-state index contributed by atoms with van der Waals surface area (Å²) >= 11 is 5.89. The lowest BCUT2D eigenvalue weighted by molar-refractivity contribution is 0.410. The van der Waals surface area contributed by atoms with Gasteiger partial charge in [0.05, 0.1) is 4.90 Å². The first-order valence-corrected chi connectivity index (χ1v) is 10.8. The van der Waals surface area contributed by atoms with Crippen molar-refractivity contribution in [3.63, 3.8) is 0 Å². The van der Waals surface area contributed by atoms with E-state index in [1.54, 1.807) is 38.4 Å². The maximum Gasteiger partial charge on any atom is 0.243 e. The summed E-state index contributed by atoms with van der Waals surface area (Å²) in [5, 5.41) is 7.16. The Labute approximate surface area is 172 Å². The molecule has 2 aromatic rings. The van der Waals surface area contributed by atoms with Crippen LogP contribution in [-0.2, 0) is 23.1 Å². The van der Waals surface area contributed by atoms with Crippen molar-refractivity contribution in [1.82, 2.24) is 14.9 Å². The molecule has 0 aromatic heterocycles. The van der Waals surface area contributed by atoms with Crippen molar-refractivity contribution in [2.75, 3.05) is 14.1 Å². The van der Waals surface area contributed by atoms with Crippen LogP contribution in [0.25, 0.3) is 0 Å². The summed E-state index contributed by atoms with van der Waals surface area (Å²) in [5.41, 5.74) is 2.05. The molecule has 0 spiro atoms. The second-order valence-corrected chi connectivity index (χ2v) is 9.10. The average molecular weight is 423 g/mol. The van der Waals surface area contributed by atoms with Gasteiger partial charge in [-0.1, -0.05) is 35.9 Å². The van der Waals surface area contributed by atoms with Gasteiger partial charge >= 0.3 is 0 Å². The summed E-state index contributed by atoms with van der Waals surface area (Å²) < 4.78 is 26.4. The highest BCUT2D eigenvalue weighted by Gasteiger charge is 2.22. The minimum Gasteiger partial charge on any atom is -0.352 e. The van der Waals surface area contributed by atoms with Gasteiger partial charge in [0.25, 0.3) is 0 Å². The highest BCUT2D eigenvalue weighted by molar-refractivity contribution is 7.89. The molecular weight excluding hydrogens is 396 g/mol. The summed E-state index contributed by atoms with van der Waals surface area (Å²) in [6.45, 7) is 4.84. The predicted molar refractivity (Wildman–Crippen MR) is 115 cm³/mol. The Hall–Kier alpha value is -2.09. The minimum atomic E-state index is -3.47. The van der Waals surface area contributed by atoms with E-state index >= 15 is 0 Å². The molecule has 8 heteroatoms. The van der Waals surface area contributed by atoms with Crippen LogP contribution >= 0.6 is 11.6 Å². The first kappa shape index (κ1) is 22.2. The lowest BCUT2D eigenvalue weighted by Crippen LogP contribution is -2.36. The summed E-state index contributed by atoms with van der Waals surface area (Å²) in [6, 6.07) is 14.4. The standard InChI is InChI=1S/C20H27ClN4O2S/c1-15(2)25(4)28(26,27)19-11-7-17(8-12-19)14-24-20(22-3)23-13-16-5-9-18(21)10-6-16/h5-12,15H,13-14H2,1-4H3,(H2,22,23,24). The van der Waals surface area contributed by atoms with E-state index in [4.69, 9.17) is 11.6 Å². The Kier molecular flexibility index (Phi) is 7.86. The lowest BCUT2D eigenvalue weighted by Gasteiger charge is -2.21. The van der Waals surface area contributed by atoms with Crippen LogP contribution in [0, 0.1) is 0 Å². The Bertz CT molecular complexity index is 895. The number of nitrogens with zero attached hydrogens (tertiary/aromatic N) is 2. The van der Waals surface area contributed by atoms with Gasteiger partial charge in [0.2, 0.25) is 10.0 Å². The van der Waals surface area contributed by atoms with E-state index in [0.29, 0.717) is 24.1 Å². The molecule has 0 radical (unpaired) electrons. The summed E-state index contributed by atoms with van der Waals surface area (Å²) in [4.78, 5) is 4.49. The number of benzene rings is 2. The molecule has 0 amide bonds. The molecule has 0 saturated carbocycles. The zero-order valence-corrected chi connectivity index (χ0v) is 18.2. The molecule has 0 fully saturated rings. The molecule has 0 heterocycles. The van der Waals surface area contributed by atoms with Gasteiger partial charge in [-0.3, -0.25) is 4.99 Å². The molecule has 0 aliphatic heterocycles. The largest absolute Gasteiger partial charge is 0.352 e. The van der Waals surface area contributed by atoms with Gasteiger partial charge in [0.15, 0.2) is 5.96 Å². The number of rotatable bonds is 7. The van der Waals surface area contributed by atoms with Crippen LogP contribution in [0.3, 0.4) is 0 Å². The second kappa shape index (κ2) is 9.91. The zero-order chi connectivity index (χ0) is 20.7. The molecule has 152 valence electrons. The molecule has 0 aliphatic rings. The maximum atomic E-state index is 12.5. The molecule has 0 bridgehead atoms. The zero-order valence-electron chi connectivity index (χ0n) is 16.6. The van der Waals surface area contributed by atoms with Crippen molar-refractivity contribution in [2.24, 2.45) is 4.99 Å². The molecule has 28 heavy (non-hydrogen) atoms. The van der Waals surface area contributed by atoms with Gasteiger partial charge in [-0.2, -0.15) is 4.31 Å². The molecule has 0 aliphatic carbocycles. The molecule has 0 unspecified atom stereocenters. The third-order valence-electron chi connectivity index (χ3n) is 4.38. The summed E-state index contributed by atoms with van der Waals surface area (Å²) in [6.07, 6.45) is 0. The highest BCUT2D eigenvalue weighted by Crippen LogP contribution is 2.17. The van der Waals surface area contributed by atoms with Crippen LogP contribution in [0.5, 0.6) is 0 Å². The number of hydrogen-bond donors (Lipinski definition) is 2. The fraction of sp³-hybridized carbons (Fsp3) is 0.350. The fourth-order valence-corrected chi connectivity index (χ4v) is 3.91. The van der Waals surface area contributed by atoms with Crippen LogP contribution in [-0.4, -0.2) is 38.8 Å². The summed E-state index contributed by atoms with van der Waals surface area (Å²) in [7, 11) is -0.174. The number of nitrogens with one attached hydrogen (secondary N) is 2. The van der Waals surface area contributed by atoms with E-state index in [2.05, 4.69) is 15.6 Å². The van der Waals surface area contributed by atoms with Crippen molar-refractivity contribution >= 4 is 27.6 Å². The minimum absolute atomic E-state index is 0.0959. The van der Waals surface area contributed by atoms with Crippen molar-refractivity contribution < 1.29 is 8.42 Å². The fourth-order valence-electron chi connectivity index (χ4n) is 2.42. The van der Waals surface area contributed by atoms with Gasteiger partial charge in [-0.15, -0.1) is 0 Å². The first-order valence-electron chi connectivity index (χ1n) is 9.00. The Morgan fingerprint density at radius 2 is 1.46 bits per heavy atom. The molecule has 2 N–H and O–H groups in total. The number of sulfonamides is 1. The maximum absolute atomic E-state index is 12.5. The van der Waals surface area contributed by atoms with Gasteiger partial charge < -0.3 is 10.6 Å². The molecule has 2 rings (SSSR count). The topological polar surface area (TPSA) is 73.8 Å². The molecular formula is C20H27ClN4O2S. The normalized spacial score (nSPS) is 12.5. The molecule has 0 saturated heterocycles. The predicted octanol–water partition coefficient (Wildman–Crippen LogP) is 3.23. The van der Waals surface area contributed by atoms with E-state index < -0.39 is 10.0 Å². The van der Waals surface area contributed by atoms with E-state index in [1.165, 1.54) is 4.31 Å². The van der Waals surface area contributed by atoms with Gasteiger partial charge in [0.1, 0.15) is 0 Å². The smallest absolute Gasteiger partial charge is 0.243 e. The van der Waals surface area contributed by atoms with Crippen LogP contribution in [0.2, 0.25) is 5.02 Å². The Morgan fingerprint density at radius 1 is 1.00 bits per heavy atom. The van der Waals surface area contributed by atoms with Gasteiger partial charge in [0, 0.05) is 38.2 Å². The molecule has 6 nitrogen and oxygen atoms in total. The van der Waals surface area contributed by atoms with E-state index in [-0.39, 0.29) is 10.9 Å². The summed E-state index contributed by atoms with van der Waals surface area (Å²) in [5.74, 6) is 0.659. The van der Waals surface area contributed by atoms with Crippen molar-refractivity contribution in [3.05, 3.63) is 64.7 Å². The molecule has 0 atom stereocenters. The number of halogens is 1. The third-order valence-corrected chi connectivity index (χ3v) is 6.68. The second-order valence-electron chi connectivity index (χ2n) is 6.66. The quantitative estimate of drug-likeness (QED) is 0.530. The monoisotopic (exact) mass is 422 g/mol. The number of hydrogen-bond acceptors (Lipinski definition) is 3. The highest BCUT2D eigenvalue weighted by atomic mass is 35.5. The van der Waals surface area contributed by atoms with E-state index in [0.717, 1.165) is 11.1 Å². The van der Waals surface area contributed by atoms with Crippen molar-refractivity contribution in [1.29, 1.82) is 0 Å². The number of guanidine groups is 1. The third kappa shape index (κ3) is 5.95. The van der Waals surface area contributed by atoms with E-state index in [1.807, 2.05) is 38.1 Å². The van der Waals surface area contributed by atoms with Crippen molar-refractivity contribution in [3.8, 4) is 0 Å². The van der Waals surface area contributed by atoms with E-state index in [9.17, 15) is 8.42 Å². The first-order chi connectivity index (χ1) is 13.2. The van der Waals surface area contributed by atoms with Gasteiger partial charge in [-0.05, 0) is 49.2 Å². The van der Waals surface area contributed by atoms with Gasteiger partial charge in [-0.25, -0.2) is 8.42 Å². The van der Waals surface area contributed by atoms with Crippen LogP contribution in [0.1, 0.15) is 25.0 Å². The number of aliphatic imine (C=N–C) groups is 1. The lowest BCUT2D eigenvalue weighted by atomic mass is 10.2. The van der Waals surface area contributed by atoms with Crippen LogP contribution in [0.4, 0.5) is 0 Å². The Morgan fingerprint density at radius 3 is 1.89 bits per heavy atom. The van der Waals surface area contributed by atoms with Crippen LogP contribution in [0.15, 0.2) is 58.4 Å². The average Bonchev–Trinajstić information content (AvgIpc) is 2.69. The van der Waals surface area contributed by atoms with Crippen LogP contribution < -0.4 is 10.6 Å². The Balaban J connectivity index is 1.93. The molecule has 2 aromatic carbocycles. The SMILES string of the molecule is CN=C(NCc1ccc(Cl)cc1)NCc1ccc(S(=O)(=O)N(C)C(C)C)cc1. The van der Waals surface area contributed by atoms with Crippen molar-refractivity contribution in [2.45, 2.75) is 37.9 Å².